The molecule has 0 bridgehead atoms. The molecule has 0 unspecified atom stereocenters. The van der Waals surface area contributed by atoms with E-state index in [-0.39, 0.29) is 0 Å². The maximum atomic E-state index is 12.7. The van der Waals surface area contributed by atoms with E-state index in [9.17, 15) is 27.2 Å². The zero-order chi connectivity index (χ0) is 11.6. The average molecular weight is 214 g/mol. The molecule has 0 rings (SSSR count). The lowest BCUT2D eigenvalue weighted by Crippen LogP contribution is -2.46. The second-order valence-electron chi connectivity index (χ2n) is 3.04. The highest BCUT2D eigenvalue weighted by Gasteiger charge is 2.59. The Labute approximate surface area is 78.3 Å². The fraction of sp³-hybridized carbons (Fsp3) is 0.750. The van der Waals surface area contributed by atoms with Crippen molar-refractivity contribution in [2.45, 2.75) is 38.5 Å². The van der Waals surface area contributed by atoms with Crippen LogP contribution in [0.1, 0.15) is 26.7 Å². The van der Waals surface area contributed by atoms with Crippen molar-refractivity contribution in [1.82, 2.24) is 0 Å². The molecule has 0 heterocycles. The van der Waals surface area contributed by atoms with Crippen molar-refractivity contribution in [2.75, 3.05) is 0 Å². The first-order valence-electron chi connectivity index (χ1n) is 3.87. The Hall–Kier alpha value is -0.940. The van der Waals surface area contributed by atoms with E-state index in [1.54, 1.807) is 0 Å². The van der Waals surface area contributed by atoms with Crippen LogP contribution < -0.4 is 0 Å². The highest BCUT2D eigenvalue weighted by atomic mass is 19.3. The minimum absolute atomic E-state index is 0.391. The van der Waals surface area contributed by atoms with Crippen molar-refractivity contribution >= 4 is 11.6 Å². The first-order chi connectivity index (χ1) is 6.11. The Morgan fingerprint density at radius 3 is 1.79 bits per heavy atom. The third-order valence-corrected chi connectivity index (χ3v) is 1.69. The molecule has 14 heavy (non-hydrogen) atoms. The lowest BCUT2D eigenvalue weighted by Gasteiger charge is -2.23. The van der Waals surface area contributed by atoms with Crippen molar-refractivity contribution in [1.29, 1.82) is 0 Å². The van der Waals surface area contributed by atoms with Gasteiger partial charge in [0.25, 0.3) is 0 Å². The number of alkyl halides is 4. The van der Waals surface area contributed by atoms with E-state index in [4.69, 9.17) is 0 Å². The maximum absolute atomic E-state index is 12.7. The third-order valence-electron chi connectivity index (χ3n) is 1.69. The molecule has 0 saturated carbocycles. The average Bonchev–Trinajstić information content (AvgIpc) is 2.00. The Morgan fingerprint density at radius 2 is 1.50 bits per heavy atom. The SMILES string of the molecule is CC(=O)CCC(F)(F)C(F)(F)C(C)=O. The highest BCUT2D eigenvalue weighted by molar-refractivity contribution is 5.84. The fourth-order valence-corrected chi connectivity index (χ4v) is 0.748. The summed E-state index contributed by atoms with van der Waals surface area (Å²) in [6, 6.07) is 0. The maximum Gasteiger partial charge on any atom is 0.366 e. The van der Waals surface area contributed by atoms with Crippen molar-refractivity contribution in [3.05, 3.63) is 0 Å². The molecule has 0 atom stereocenters. The van der Waals surface area contributed by atoms with E-state index in [0.717, 1.165) is 6.92 Å². The van der Waals surface area contributed by atoms with E-state index in [1.807, 2.05) is 0 Å². The second kappa shape index (κ2) is 4.06. The number of rotatable bonds is 5. The van der Waals surface area contributed by atoms with Crippen LogP contribution in [0.3, 0.4) is 0 Å². The van der Waals surface area contributed by atoms with E-state index in [2.05, 4.69) is 0 Å². The van der Waals surface area contributed by atoms with Crippen LogP contribution in [0, 0.1) is 0 Å². The minimum Gasteiger partial charge on any atom is -0.300 e. The lowest BCUT2D eigenvalue weighted by atomic mass is 10.0. The number of hydrogen-bond acceptors (Lipinski definition) is 2. The van der Waals surface area contributed by atoms with Gasteiger partial charge in [-0.05, 0) is 6.92 Å². The number of Topliss-reactive ketones (excluding diaryl/α,β-unsaturated/α-hetero) is 2. The van der Waals surface area contributed by atoms with Gasteiger partial charge in [0.1, 0.15) is 5.78 Å². The zero-order valence-electron chi connectivity index (χ0n) is 7.74. The van der Waals surface area contributed by atoms with Crippen LogP contribution in [-0.2, 0) is 9.59 Å². The number of carbonyl (C=O) groups excluding carboxylic acids is 2. The predicted molar refractivity (Wildman–Crippen MR) is 40.5 cm³/mol. The van der Waals surface area contributed by atoms with Crippen LogP contribution in [0.25, 0.3) is 0 Å². The smallest absolute Gasteiger partial charge is 0.300 e. The molecule has 0 radical (unpaired) electrons. The van der Waals surface area contributed by atoms with Crippen LogP contribution in [-0.4, -0.2) is 23.4 Å². The number of hydrogen-bond donors (Lipinski definition) is 0. The molecular weight excluding hydrogens is 204 g/mol. The molecule has 6 heteroatoms. The largest absolute Gasteiger partial charge is 0.366 e. The number of ketones is 2. The summed E-state index contributed by atoms with van der Waals surface area (Å²) in [5, 5.41) is 0. The Balaban J connectivity index is 4.59. The standard InChI is InChI=1S/C8H10F4O2/c1-5(13)3-4-7(9,10)8(11,12)6(2)14/h3-4H2,1-2H3. The van der Waals surface area contributed by atoms with Crippen molar-refractivity contribution in [3.8, 4) is 0 Å². The normalized spacial score (nSPS) is 12.7. The van der Waals surface area contributed by atoms with Gasteiger partial charge in [-0.2, -0.15) is 17.6 Å². The molecule has 0 amide bonds. The van der Waals surface area contributed by atoms with Crippen molar-refractivity contribution in [2.24, 2.45) is 0 Å². The van der Waals surface area contributed by atoms with Crippen LogP contribution in [0.2, 0.25) is 0 Å². The summed E-state index contributed by atoms with van der Waals surface area (Å²) < 4.78 is 50.5. The quantitative estimate of drug-likeness (QED) is 0.657. The van der Waals surface area contributed by atoms with Crippen LogP contribution in [0.4, 0.5) is 17.6 Å². The van der Waals surface area contributed by atoms with Gasteiger partial charge in [-0.3, -0.25) is 4.79 Å². The topological polar surface area (TPSA) is 34.1 Å². The Morgan fingerprint density at radius 1 is 1.07 bits per heavy atom. The Kier molecular flexibility index (Phi) is 3.79. The van der Waals surface area contributed by atoms with E-state index >= 15 is 0 Å². The van der Waals surface area contributed by atoms with Gasteiger partial charge < -0.3 is 4.79 Å². The summed E-state index contributed by atoms with van der Waals surface area (Å²) in [4.78, 5) is 20.6. The molecule has 0 N–H and O–H groups in total. The molecule has 0 aromatic carbocycles. The summed E-state index contributed by atoms with van der Waals surface area (Å²) in [6.45, 7) is 1.41. The second-order valence-corrected chi connectivity index (χ2v) is 3.04. The minimum atomic E-state index is -4.69. The Bertz CT molecular complexity index is 248. The summed E-state index contributed by atoms with van der Waals surface area (Å²) in [5.74, 6) is -11.7. The third kappa shape index (κ3) is 2.78. The monoisotopic (exact) mass is 214 g/mol. The van der Waals surface area contributed by atoms with E-state index in [1.165, 1.54) is 0 Å². The molecule has 0 aromatic heterocycles. The first-order valence-corrected chi connectivity index (χ1v) is 3.87. The fourth-order valence-electron chi connectivity index (χ4n) is 0.748. The van der Waals surface area contributed by atoms with Gasteiger partial charge in [-0.1, -0.05) is 0 Å². The molecule has 0 aliphatic rings. The predicted octanol–water partition coefficient (Wildman–Crippen LogP) is 2.22. The van der Waals surface area contributed by atoms with E-state index in [0.29, 0.717) is 6.92 Å². The van der Waals surface area contributed by atoms with Gasteiger partial charge in [0, 0.05) is 19.8 Å². The molecule has 82 valence electrons. The number of halogens is 4. The van der Waals surface area contributed by atoms with Crippen LogP contribution >= 0.6 is 0 Å². The molecule has 0 spiro atoms. The molecule has 0 saturated heterocycles. The van der Waals surface area contributed by atoms with Gasteiger partial charge in [0.2, 0.25) is 5.78 Å². The van der Waals surface area contributed by atoms with Gasteiger partial charge in [0.05, 0.1) is 0 Å². The molecular formula is C8H10F4O2. The zero-order valence-corrected chi connectivity index (χ0v) is 7.74. The van der Waals surface area contributed by atoms with Gasteiger partial charge in [0.15, 0.2) is 0 Å². The summed E-state index contributed by atoms with van der Waals surface area (Å²) in [6.07, 6.45) is -1.98. The number of carbonyl (C=O) groups is 2. The first kappa shape index (κ1) is 13.1. The van der Waals surface area contributed by atoms with Gasteiger partial charge >= 0.3 is 11.8 Å². The molecule has 2 nitrogen and oxygen atoms in total. The molecule has 0 aliphatic carbocycles. The van der Waals surface area contributed by atoms with E-state index < -0.39 is 36.3 Å². The summed E-state index contributed by atoms with van der Waals surface area (Å²) >= 11 is 0. The lowest BCUT2D eigenvalue weighted by molar-refractivity contribution is -0.209. The van der Waals surface area contributed by atoms with Gasteiger partial charge in [-0.15, -0.1) is 0 Å². The van der Waals surface area contributed by atoms with Crippen molar-refractivity contribution in [3.63, 3.8) is 0 Å². The highest BCUT2D eigenvalue weighted by Crippen LogP contribution is 2.38. The van der Waals surface area contributed by atoms with Crippen LogP contribution in [0.5, 0.6) is 0 Å². The van der Waals surface area contributed by atoms with Gasteiger partial charge in [-0.25, -0.2) is 0 Å². The summed E-state index contributed by atoms with van der Waals surface area (Å²) in [7, 11) is 0. The van der Waals surface area contributed by atoms with Crippen LogP contribution in [0.15, 0.2) is 0 Å². The molecule has 0 aromatic rings. The molecule has 0 fully saturated rings. The molecule has 0 aliphatic heterocycles. The summed E-state index contributed by atoms with van der Waals surface area (Å²) in [5.41, 5.74) is 0. The van der Waals surface area contributed by atoms with Crippen molar-refractivity contribution < 1.29 is 27.2 Å².